The molecule has 0 aromatic heterocycles. The molecule has 1 atom stereocenters. The largest absolute Gasteiger partial charge is 0.492 e. The van der Waals surface area contributed by atoms with Crippen molar-refractivity contribution in [2.45, 2.75) is 44.0 Å². The third-order valence-electron chi connectivity index (χ3n) is 4.77. The molecule has 1 saturated heterocycles. The third-order valence-corrected chi connectivity index (χ3v) is 4.77. The summed E-state index contributed by atoms with van der Waals surface area (Å²) in [6.07, 6.45) is 9.72. The quantitative estimate of drug-likeness (QED) is 0.857. The third kappa shape index (κ3) is 1.90. The van der Waals surface area contributed by atoms with Crippen molar-refractivity contribution < 1.29 is 19.3 Å². The molecule has 1 heterocycles. The molecule has 1 aliphatic heterocycles. The van der Waals surface area contributed by atoms with Crippen LogP contribution in [0.2, 0.25) is 0 Å². The first-order valence-electron chi connectivity index (χ1n) is 7.36. The molecule has 20 heavy (non-hydrogen) atoms. The minimum atomic E-state index is -0.197. The first-order chi connectivity index (χ1) is 9.70. The lowest BCUT2D eigenvalue weighted by Gasteiger charge is -2.32. The molecule has 0 aromatic carbocycles. The highest BCUT2D eigenvalue weighted by Gasteiger charge is 2.55. The van der Waals surface area contributed by atoms with Crippen LogP contribution in [-0.2, 0) is 14.2 Å². The van der Waals surface area contributed by atoms with Gasteiger partial charge in [0.1, 0.15) is 17.6 Å². The van der Waals surface area contributed by atoms with E-state index in [1.165, 1.54) is 18.4 Å². The number of rotatable bonds is 3. The van der Waals surface area contributed by atoms with Crippen LogP contribution in [0, 0.1) is 5.41 Å². The molecule has 0 aromatic rings. The Morgan fingerprint density at radius 3 is 2.80 bits per heavy atom. The molecule has 2 saturated carbocycles. The molecule has 1 unspecified atom stereocenters. The molecule has 0 amide bonds. The van der Waals surface area contributed by atoms with Crippen LogP contribution >= 0.6 is 0 Å². The molecule has 4 nitrogen and oxygen atoms in total. The zero-order valence-corrected chi connectivity index (χ0v) is 11.7. The summed E-state index contributed by atoms with van der Waals surface area (Å²) < 4.78 is 17.4. The van der Waals surface area contributed by atoms with Gasteiger partial charge in [-0.3, -0.25) is 0 Å². The minimum absolute atomic E-state index is 0.0676. The van der Waals surface area contributed by atoms with E-state index in [0.29, 0.717) is 0 Å². The first-order valence-corrected chi connectivity index (χ1v) is 7.36. The summed E-state index contributed by atoms with van der Waals surface area (Å²) >= 11 is 0. The van der Waals surface area contributed by atoms with E-state index >= 15 is 0 Å². The zero-order chi connectivity index (χ0) is 13.7. The predicted octanol–water partition coefficient (Wildman–Crippen LogP) is 2.06. The van der Waals surface area contributed by atoms with Crippen LogP contribution in [-0.4, -0.2) is 37.1 Å². The van der Waals surface area contributed by atoms with Gasteiger partial charge in [-0.15, -0.1) is 0 Å². The van der Waals surface area contributed by atoms with Crippen molar-refractivity contribution in [1.29, 1.82) is 0 Å². The van der Waals surface area contributed by atoms with Crippen molar-refractivity contribution >= 4 is 0 Å². The maximum atomic E-state index is 9.42. The molecule has 1 N–H and O–H groups in total. The number of allylic oxidation sites excluding steroid dienone is 2. The zero-order valence-electron chi connectivity index (χ0n) is 11.7. The van der Waals surface area contributed by atoms with Crippen LogP contribution in [0.3, 0.4) is 0 Å². The highest BCUT2D eigenvalue weighted by Crippen LogP contribution is 2.60. The van der Waals surface area contributed by atoms with Gasteiger partial charge in [0.2, 0.25) is 0 Å². The standard InChI is InChI=1S/C16H20O4/c1-18-11-2-3-13(20-12-6-10(17)7-12)15-14(8-11)19-9-16(15)4-5-16/h2-3,8,10-12,17H,4-7,9H2,1H3/t10-,11?,12-. The summed E-state index contributed by atoms with van der Waals surface area (Å²) in [6.45, 7) is 0.762. The average molecular weight is 276 g/mol. The van der Waals surface area contributed by atoms with Crippen molar-refractivity contribution in [1.82, 2.24) is 0 Å². The molecular weight excluding hydrogens is 256 g/mol. The van der Waals surface area contributed by atoms with E-state index in [9.17, 15) is 5.11 Å². The number of aliphatic hydroxyl groups is 1. The Labute approximate surface area is 118 Å². The van der Waals surface area contributed by atoms with Crippen LogP contribution in [0.5, 0.6) is 0 Å². The fraction of sp³-hybridized carbons (Fsp3) is 0.625. The van der Waals surface area contributed by atoms with Gasteiger partial charge >= 0.3 is 0 Å². The topological polar surface area (TPSA) is 47.9 Å². The van der Waals surface area contributed by atoms with Gasteiger partial charge in [0.05, 0.1) is 18.8 Å². The Hall–Kier alpha value is -1.26. The normalized spacial score (nSPS) is 36.9. The van der Waals surface area contributed by atoms with E-state index in [2.05, 4.69) is 0 Å². The lowest BCUT2D eigenvalue weighted by molar-refractivity contribution is -0.0411. The summed E-state index contributed by atoms with van der Waals surface area (Å²) in [7, 11) is 1.70. The number of fused-ring (bicyclic) bond motifs is 2. The van der Waals surface area contributed by atoms with Gasteiger partial charge in [0.25, 0.3) is 0 Å². The van der Waals surface area contributed by atoms with E-state index < -0.39 is 0 Å². The molecular formula is C16H20O4. The van der Waals surface area contributed by atoms with Crippen molar-refractivity contribution in [2.24, 2.45) is 5.41 Å². The molecule has 4 rings (SSSR count). The minimum Gasteiger partial charge on any atom is -0.492 e. The fourth-order valence-corrected chi connectivity index (χ4v) is 3.21. The molecule has 108 valence electrons. The van der Waals surface area contributed by atoms with Crippen molar-refractivity contribution in [3.8, 4) is 0 Å². The maximum Gasteiger partial charge on any atom is 0.127 e. The van der Waals surface area contributed by atoms with Gasteiger partial charge in [0, 0.05) is 30.9 Å². The highest BCUT2D eigenvalue weighted by molar-refractivity contribution is 5.48. The number of ether oxygens (including phenoxy) is 3. The molecule has 3 aliphatic carbocycles. The van der Waals surface area contributed by atoms with Crippen LogP contribution in [0.15, 0.2) is 35.3 Å². The number of hydrogen-bond acceptors (Lipinski definition) is 4. The monoisotopic (exact) mass is 276 g/mol. The van der Waals surface area contributed by atoms with E-state index in [-0.39, 0.29) is 23.7 Å². The fourth-order valence-electron chi connectivity index (χ4n) is 3.21. The lowest BCUT2D eigenvalue weighted by Crippen LogP contribution is -2.35. The summed E-state index contributed by atoms with van der Waals surface area (Å²) in [4.78, 5) is 0. The Morgan fingerprint density at radius 1 is 1.35 bits per heavy atom. The maximum absolute atomic E-state index is 9.42. The van der Waals surface area contributed by atoms with Gasteiger partial charge in [0.15, 0.2) is 0 Å². The van der Waals surface area contributed by atoms with Crippen molar-refractivity contribution in [2.75, 3.05) is 13.7 Å². The number of aliphatic hydroxyl groups excluding tert-OH is 1. The molecule has 3 fully saturated rings. The molecule has 4 heteroatoms. The smallest absolute Gasteiger partial charge is 0.127 e. The van der Waals surface area contributed by atoms with E-state index in [1.54, 1.807) is 7.11 Å². The van der Waals surface area contributed by atoms with Gasteiger partial charge in [-0.25, -0.2) is 0 Å². The van der Waals surface area contributed by atoms with Crippen LogP contribution in [0.25, 0.3) is 0 Å². The van der Waals surface area contributed by atoms with E-state index in [0.717, 1.165) is 31.0 Å². The van der Waals surface area contributed by atoms with Crippen LogP contribution in [0.1, 0.15) is 25.7 Å². The van der Waals surface area contributed by atoms with Gasteiger partial charge in [-0.05, 0) is 31.1 Å². The predicted molar refractivity (Wildman–Crippen MR) is 72.8 cm³/mol. The Morgan fingerprint density at radius 2 is 2.15 bits per heavy atom. The average Bonchev–Trinajstić information content (AvgIpc) is 3.11. The second-order valence-corrected chi connectivity index (χ2v) is 6.26. The van der Waals surface area contributed by atoms with Gasteiger partial charge in [-0.2, -0.15) is 0 Å². The number of hydrogen-bond donors (Lipinski definition) is 1. The van der Waals surface area contributed by atoms with Crippen molar-refractivity contribution in [3.05, 3.63) is 35.3 Å². The lowest BCUT2D eigenvalue weighted by atomic mass is 9.91. The molecule has 4 aliphatic rings. The Balaban J connectivity index is 1.67. The SMILES string of the molecule is COC1C=CC(O[C@H]2C[C@H](O)C2)=C2C(=C1)OCC21CC1. The second-order valence-electron chi connectivity index (χ2n) is 6.26. The Bertz CT molecular complexity index is 507. The Kier molecular flexibility index (Phi) is 2.72. The second kappa shape index (κ2) is 4.37. The van der Waals surface area contributed by atoms with Crippen LogP contribution < -0.4 is 0 Å². The molecule has 0 bridgehead atoms. The number of methoxy groups -OCH3 is 1. The van der Waals surface area contributed by atoms with Crippen molar-refractivity contribution in [3.63, 3.8) is 0 Å². The first kappa shape index (κ1) is 12.5. The summed E-state index contributed by atoms with van der Waals surface area (Å²) in [6, 6.07) is 0. The van der Waals surface area contributed by atoms with E-state index in [4.69, 9.17) is 14.2 Å². The molecule has 0 radical (unpaired) electrons. The van der Waals surface area contributed by atoms with Crippen LogP contribution in [0.4, 0.5) is 0 Å². The van der Waals surface area contributed by atoms with Gasteiger partial charge in [-0.1, -0.05) is 0 Å². The summed E-state index contributed by atoms with van der Waals surface area (Å²) in [5, 5.41) is 9.42. The molecule has 1 spiro atoms. The van der Waals surface area contributed by atoms with Gasteiger partial charge < -0.3 is 19.3 Å². The summed E-state index contributed by atoms with van der Waals surface area (Å²) in [5.41, 5.74) is 1.39. The highest BCUT2D eigenvalue weighted by atomic mass is 16.5. The van der Waals surface area contributed by atoms with E-state index in [1.807, 2.05) is 18.2 Å². The summed E-state index contributed by atoms with van der Waals surface area (Å²) in [5.74, 6) is 1.84.